The Morgan fingerprint density at radius 3 is 2.65 bits per heavy atom. The van der Waals surface area contributed by atoms with E-state index in [9.17, 15) is 4.79 Å². The summed E-state index contributed by atoms with van der Waals surface area (Å²) < 4.78 is 0. The number of fused-ring (bicyclic) bond motifs is 1. The van der Waals surface area contributed by atoms with Gasteiger partial charge in [-0.15, -0.1) is 0 Å². The summed E-state index contributed by atoms with van der Waals surface area (Å²) in [5.74, 6) is 1.08. The van der Waals surface area contributed by atoms with Gasteiger partial charge in [-0.3, -0.25) is 9.78 Å². The summed E-state index contributed by atoms with van der Waals surface area (Å²) in [6.07, 6.45) is 9.55. The molecule has 2 nitrogen and oxygen atoms in total. The predicted molar refractivity (Wildman–Crippen MR) is 80.9 cm³/mol. The van der Waals surface area contributed by atoms with E-state index in [4.69, 9.17) is 4.98 Å². The summed E-state index contributed by atoms with van der Waals surface area (Å²) in [5.41, 5.74) is 3.18. The normalized spacial score (nSPS) is 22.6. The summed E-state index contributed by atoms with van der Waals surface area (Å²) in [7, 11) is 0. The second-order valence-electron chi connectivity index (χ2n) is 7.45. The number of carbonyl (C=O) groups is 1. The van der Waals surface area contributed by atoms with E-state index in [1.165, 1.54) is 37.8 Å². The Labute approximate surface area is 122 Å². The van der Waals surface area contributed by atoms with Gasteiger partial charge < -0.3 is 0 Å². The molecule has 0 bridgehead atoms. The smallest absolute Gasteiger partial charge is 0.165 e. The van der Waals surface area contributed by atoms with Crippen LogP contribution in [0.3, 0.4) is 0 Å². The summed E-state index contributed by atoms with van der Waals surface area (Å²) in [6.45, 7) is 4.34. The van der Waals surface area contributed by atoms with E-state index >= 15 is 0 Å². The number of nitrogens with zero attached hydrogens (tertiary/aromatic N) is 1. The minimum absolute atomic E-state index is 0.0700. The molecular formula is C18H25NO. The molecule has 2 aliphatic rings. The summed E-state index contributed by atoms with van der Waals surface area (Å²) >= 11 is 0. The molecule has 20 heavy (non-hydrogen) atoms. The first kappa shape index (κ1) is 13.8. The molecule has 1 aromatic rings. The molecule has 1 saturated carbocycles. The van der Waals surface area contributed by atoms with Crippen LogP contribution in [-0.4, -0.2) is 10.8 Å². The van der Waals surface area contributed by atoms with Crippen molar-refractivity contribution < 1.29 is 4.79 Å². The number of pyridine rings is 1. The van der Waals surface area contributed by atoms with Crippen molar-refractivity contribution in [1.82, 2.24) is 4.98 Å². The van der Waals surface area contributed by atoms with Gasteiger partial charge >= 0.3 is 0 Å². The lowest BCUT2D eigenvalue weighted by Gasteiger charge is -2.30. The molecule has 108 valence electrons. The molecule has 3 rings (SSSR count). The van der Waals surface area contributed by atoms with E-state index in [0.717, 1.165) is 30.0 Å². The van der Waals surface area contributed by atoms with Gasteiger partial charge in [-0.1, -0.05) is 46.0 Å². The fourth-order valence-corrected chi connectivity index (χ4v) is 3.78. The highest BCUT2D eigenvalue weighted by molar-refractivity contribution is 5.98. The standard InChI is InChI=1S/C18H25NO/c1-18(2)11-16-15(17(20)12-18)9-8-14(19-16)10-13-6-4-3-5-7-13/h8-9,13H,3-7,10-12H2,1-2H3. The third-order valence-corrected chi connectivity index (χ3v) is 4.84. The zero-order chi connectivity index (χ0) is 14.2. The average molecular weight is 271 g/mol. The maximum absolute atomic E-state index is 12.2. The Kier molecular flexibility index (Phi) is 3.66. The van der Waals surface area contributed by atoms with Crippen LogP contribution in [-0.2, 0) is 12.8 Å². The molecule has 0 unspecified atom stereocenters. The zero-order valence-corrected chi connectivity index (χ0v) is 12.7. The second kappa shape index (κ2) is 5.31. The van der Waals surface area contributed by atoms with Gasteiger partial charge in [0.15, 0.2) is 5.78 Å². The van der Waals surface area contributed by atoms with Crippen LogP contribution < -0.4 is 0 Å². The van der Waals surface area contributed by atoms with Crippen molar-refractivity contribution in [1.29, 1.82) is 0 Å². The largest absolute Gasteiger partial charge is 0.294 e. The van der Waals surface area contributed by atoms with Gasteiger partial charge in [-0.2, -0.15) is 0 Å². The Morgan fingerprint density at radius 2 is 1.90 bits per heavy atom. The monoisotopic (exact) mass is 271 g/mol. The molecule has 0 atom stereocenters. The molecule has 2 aliphatic carbocycles. The van der Waals surface area contributed by atoms with Crippen LogP contribution in [0.1, 0.15) is 74.1 Å². The molecule has 0 N–H and O–H groups in total. The van der Waals surface area contributed by atoms with Gasteiger partial charge in [0, 0.05) is 17.7 Å². The number of ketones is 1. The molecule has 0 amide bonds. The van der Waals surface area contributed by atoms with Crippen molar-refractivity contribution in [3.05, 3.63) is 29.1 Å². The van der Waals surface area contributed by atoms with Crippen LogP contribution in [0.15, 0.2) is 12.1 Å². The molecule has 1 heterocycles. The van der Waals surface area contributed by atoms with Crippen LogP contribution in [0.4, 0.5) is 0 Å². The van der Waals surface area contributed by atoms with Gasteiger partial charge in [-0.25, -0.2) is 0 Å². The molecule has 0 aliphatic heterocycles. The number of aromatic nitrogens is 1. The third kappa shape index (κ3) is 2.94. The van der Waals surface area contributed by atoms with Crippen molar-refractivity contribution in [2.24, 2.45) is 11.3 Å². The van der Waals surface area contributed by atoms with Crippen molar-refractivity contribution in [2.75, 3.05) is 0 Å². The first-order valence-corrected chi connectivity index (χ1v) is 8.05. The molecule has 1 fully saturated rings. The average Bonchev–Trinajstić information content (AvgIpc) is 2.38. The van der Waals surface area contributed by atoms with E-state index in [2.05, 4.69) is 19.9 Å². The van der Waals surface area contributed by atoms with Crippen molar-refractivity contribution >= 4 is 5.78 Å². The summed E-state index contributed by atoms with van der Waals surface area (Å²) in [5, 5.41) is 0. The molecule has 2 heteroatoms. The fourth-order valence-electron chi connectivity index (χ4n) is 3.78. The lowest BCUT2D eigenvalue weighted by Crippen LogP contribution is -2.28. The molecule has 0 radical (unpaired) electrons. The van der Waals surface area contributed by atoms with Crippen LogP contribution >= 0.6 is 0 Å². The topological polar surface area (TPSA) is 30.0 Å². The maximum atomic E-state index is 12.2. The van der Waals surface area contributed by atoms with Crippen molar-refractivity contribution in [3.8, 4) is 0 Å². The number of carbonyl (C=O) groups excluding carboxylic acids is 1. The van der Waals surface area contributed by atoms with Gasteiger partial charge in [0.1, 0.15) is 0 Å². The minimum Gasteiger partial charge on any atom is -0.294 e. The first-order chi connectivity index (χ1) is 9.53. The molecule has 1 aromatic heterocycles. The first-order valence-electron chi connectivity index (χ1n) is 8.05. The Hall–Kier alpha value is -1.18. The lowest BCUT2D eigenvalue weighted by molar-refractivity contribution is 0.0910. The maximum Gasteiger partial charge on any atom is 0.165 e. The SMILES string of the molecule is CC1(C)CC(=O)c2ccc(CC3CCCCC3)nc2C1. The third-order valence-electron chi connectivity index (χ3n) is 4.84. The molecule has 0 spiro atoms. The van der Waals surface area contributed by atoms with Crippen LogP contribution in [0.5, 0.6) is 0 Å². The molecule has 0 saturated heterocycles. The second-order valence-corrected chi connectivity index (χ2v) is 7.45. The van der Waals surface area contributed by atoms with Crippen LogP contribution in [0, 0.1) is 11.3 Å². The highest BCUT2D eigenvalue weighted by Crippen LogP contribution is 2.34. The minimum atomic E-state index is 0.0700. The molecular weight excluding hydrogens is 246 g/mol. The highest BCUT2D eigenvalue weighted by atomic mass is 16.1. The van der Waals surface area contributed by atoms with Crippen molar-refractivity contribution in [3.63, 3.8) is 0 Å². The van der Waals surface area contributed by atoms with E-state index < -0.39 is 0 Å². The number of rotatable bonds is 2. The number of hydrogen-bond donors (Lipinski definition) is 0. The van der Waals surface area contributed by atoms with Gasteiger partial charge in [0.2, 0.25) is 0 Å². The number of Topliss-reactive ketones (excluding diaryl/α,β-unsaturated/α-hetero) is 1. The fraction of sp³-hybridized carbons (Fsp3) is 0.667. The van der Waals surface area contributed by atoms with E-state index in [0.29, 0.717) is 6.42 Å². The van der Waals surface area contributed by atoms with Gasteiger partial charge in [-0.05, 0) is 36.3 Å². The van der Waals surface area contributed by atoms with E-state index in [1.807, 2.05) is 6.07 Å². The Morgan fingerprint density at radius 1 is 1.15 bits per heavy atom. The lowest BCUT2D eigenvalue weighted by atomic mass is 9.75. The predicted octanol–water partition coefficient (Wildman–Crippen LogP) is 4.36. The van der Waals surface area contributed by atoms with Crippen molar-refractivity contribution in [2.45, 2.75) is 65.2 Å². The van der Waals surface area contributed by atoms with Crippen LogP contribution in [0.25, 0.3) is 0 Å². The number of hydrogen-bond acceptors (Lipinski definition) is 2. The summed E-state index contributed by atoms with van der Waals surface area (Å²) in [4.78, 5) is 17.0. The van der Waals surface area contributed by atoms with E-state index in [1.54, 1.807) is 0 Å². The van der Waals surface area contributed by atoms with Gasteiger partial charge in [0.05, 0.1) is 5.69 Å². The summed E-state index contributed by atoms with van der Waals surface area (Å²) in [6, 6.07) is 4.11. The van der Waals surface area contributed by atoms with Gasteiger partial charge in [0.25, 0.3) is 0 Å². The Balaban J connectivity index is 1.79. The quantitative estimate of drug-likeness (QED) is 0.800. The van der Waals surface area contributed by atoms with E-state index in [-0.39, 0.29) is 11.2 Å². The molecule has 0 aromatic carbocycles. The zero-order valence-electron chi connectivity index (χ0n) is 12.7. The Bertz CT molecular complexity index is 512. The highest BCUT2D eigenvalue weighted by Gasteiger charge is 2.32. The van der Waals surface area contributed by atoms with Crippen LogP contribution in [0.2, 0.25) is 0 Å².